The van der Waals surface area contributed by atoms with Crippen molar-refractivity contribution >= 4 is 41.2 Å². The molecule has 55 heavy (non-hydrogen) atoms. The van der Waals surface area contributed by atoms with Crippen molar-refractivity contribution in [3.8, 4) is 45.3 Å². The number of amides is 2. The predicted molar refractivity (Wildman–Crippen MR) is 210 cm³/mol. The Morgan fingerprint density at radius 3 is 2.42 bits per heavy atom. The number of likely N-dealkylation sites (tertiary alicyclic amines) is 1. The van der Waals surface area contributed by atoms with Crippen LogP contribution < -0.4 is 14.8 Å². The van der Waals surface area contributed by atoms with Gasteiger partial charge in [0.25, 0.3) is 0 Å². The van der Waals surface area contributed by atoms with Gasteiger partial charge in [-0.15, -0.1) is 0 Å². The van der Waals surface area contributed by atoms with Crippen LogP contribution in [0, 0.1) is 0 Å². The minimum Gasteiger partial charge on any atom is -0.496 e. The van der Waals surface area contributed by atoms with Gasteiger partial charge in [-0.3, -0.25) is 19.5 Å². The standard InChI is InChI=1S/C41H45Cl2N5O7/c1-41(2,3)55-40(52)48(23-27-14-16-34(49)45-27)22-26-13-15-31(46-38(26)54-5)30-9-6-8-28(35(30)42)29-17-18-44-37(36(29)43)24-11-12-25(33(20-24)53-4)21-47-19-7-10-32(47)39(50)51/h6,8-9,11-13,15,17-18,20,27,32H,7,10,14,16,19,21-23H2,1-5H3,(H,45,49)(H,50,51). The van der Waals surface area contributed by atoms with E-state index >= 15 is 0 Å². The van der Waals surface area contributed by atoms with Gasteiger partial charge < -0.3 is 29.5 Å². The van der Waals surface area contributed by atoms with E-state index < -0.39 is 23.7 Å². The molecule has 2 aromatic heterocycles. The second kappa shape index (κ2) is 16.8. The van der Waals surface area contributed by atoms with Crippen LogP contribution >= 0.6 is 23.2 Å². The second-order valence-corrected chi connectivity index (χ2v) is 15.5. The van der Waals surface area contributed by atoms with Crippen LogP contribution in [0.25, 0.3) is 33.6 Å². The number of carbonyl (C=O) groups is 3. The number of halogens is 2. The molecule has 290 valence electrons. The summed E-state index contributed by atoms with van der Waals surface area (Å²) in [6.07, 6.45) is 3.66. The SMILES string of the molecule is COc1cc(-c2nccc(-c3cccc(-c4ccc(CN(CC5CCC(=O)N5)C(=O)OC(C)(C)C)c(OC)n4)c3Cl)c2Cl)ccc1CN1CCCC1C(=O)O. The zero-order valence-corrected chi connectivity index (χ0v) is 33.0. The maximum Gasteiger partial charge on any atom is 0.410 e. The highest BCUT2D eigenvalue weighted by Gasteiger charge is 2.32. The molecule has 2 N–H and O–H groups in total. The van der Waals surface area contributed by atoms with Gasteiger partial charge in [0.15, 0.2) is 0 Å². The normalized spacial score (nSPS) is 17.2. The Labute approximate surface area is 330 Å². The molecular formula is C41H45Cl2N5O7. The van der Waals surface area contributed by atoms with Crippen LogP contribution in [-0.4, -0.2) is 87.8 Å². The van der Waals surface area contributed by atoms with Crippen molar-refractivity contribution in [1.29, 1.82) is 0 Å². The van der Waals surface area contributed by atoms with E-state index in [4.69, 9.17) is 42.4 Å². The number of aromatic nitrogens is 2. The van der Waals surface area contributed by atoms with Crippen molar-refractivity contribution in [3.05, 3.63) is 82.0 Å². The number of hydrogen-bond acceptors (Lipinski definition) is 9. The van der Waals surface area contributed by atoms with Gasteiger partial charge in [0.05, 0.1) is 42.2 Å². The summed E-state index contributed by atoms with van der Waals surface area (Å²) in [4.78, 5) is 49.9. The molecule has 2 fully saturated rings. The fourth-order valence-electron chi connectivity index (χ4n) is 7.06. The average Bonchev–Trinajstić information content (AvgIpc) is 3.80. The molecular weight excluding hydrogens is 745 g/mol. The fourth-order valence-corrected chi connectivity index (χ4v) is 7.71. The molecule has 14 heteroatoms. The molecule has 2 unspecified atom stereocenters. The van der Waals surface area contributed by atoms with E-state index in [1.165, 1.54) is 7.11 Å². The summed E-state index contributed by atoms with van der Waals surface area (Å²) in [5.74, 6) is 0.0694. The van der Waals surface area contributed by atoms with Crippen molar-refractivity contribution in [3.63, 3.8) is 0 Å². The topological polar surface area (TPSA) is 143 Å². The number of benzene rings is 2. The van der Waals surface area contributed by atoms with Gasteiger partial charge in [-0.25, -0.2) is 9.78 Å². The van der Waals surface area contributed by atoms with E-state index in [1.807, 2.05) is 53.4 Å². The molecule has 0 saturated carbocycles. The smallest absolute Gasteiger partial charge is 0.410 e. The highest BCUT2D eigenvalue weighted by Crippen LogP contribution is 2.42. The molecule has 6 rings (SSSR count). The predicted octanol–water partition coefficient (Wildman–Crippen LogP) is 7.87. The van der Waals surface area contributed by atoms with Crippen LogP contribution in [-0.2, 0) is 27.4 Å². The molecule has 12 nitrogen and oxygen atoms in total. The number of rotatable bonds is 12. The molecule has 4 aromatic rings. The number of ether oxygens (including phenoxy) is 3. The largest absolute Gasteiger partial charge is 0.496 e. The van der Waals surface area contributed by atoms with Gasteiger partial charge in [-0.1, -0.05) is 53.5 Å². The van der Waals surface area contributed by atoms with Gasteiger partial charge in [0.1, 0.15) is 17.4 Å². The first-order chi connectivity index (χ1) is 26.3. The average molecular weight is 791 g/mol. The van der Waals surface area contributed by atoms with Gasteiger partial charge in [0, 0.05) is 65.1 Å². The van der Waals surface area contributed by atoms with Crippen molar-refractivity contribution in [2.75, 3.05) is 27.3 Å². The fraction of sp³-hybridized carbons (Fsp3) is 0.390. The lowest BCUT2D eigenvalue weighted by molar-refractivity contribution is -0.142. The second-order valence-electron chi connectivity index (χ2n) is 14.7. The van der Waals surface area contributed by atoms with Gasteiger partial charge in [-0.05, 0) is 70.8 Å². The zero-order valence-electron chi connectivity index (χ0n) is 31.5. The van der Waals surface area contributed by atoms with E-state index in [9.17, 15) is 19.5 Å². The third-order valence-electron chi connectivity index (χ3n) is 9.71. The van der Waals surface area contributed by atoms with Crippen LogP contribution in [0.2, 0.25) is 10.0 Å². The number of carbonyl (C=O) groups excluding carboxylic acids is 2. The first-order valence-corrected chi connectivity index (χ1v) is 18.9. The quantitative estimate of drug-likeness (QED) is 0.146. The van der Waals surface area contributed by atoms with E-state index in [1.54, 1.807) is 45.0 Å². The minimum absolute atomic E-state index is 0.0399. The maximum atomic E-state index is 13.3. The Kier molecular flexibility index (Phi) is 12.2. The number of hydrogen-bond donors (Lipinski definition) is 2. The maximum absolute atomic E-state index is 13.3. The Hall–Kier alpha value is -4.91. The highest BCUT2D eigenvalue weighted by molar-refractivity contribution is 6.39. The van der Waals surface area contributed by atoms with E-state index in [2.05, 4.69) is 10.3 Å². The van der Waals surface area contributed by atoms with E-state index in [0.29, 0.717) is 87.7 Å². The number of pyridine rings is 2. The molecule has 2 saturated heterocycles. The summed E-state index contributed by atoms with van der Waals surface area (Å²) in [5, 5.41) is 13.4. The third kappa shape index (κ3) is 9.15. The summed E-state index contributed by atoms with van der Waals surface area (Å²) < 4.78 is 17.2. The third-order valence-corrected chi connectivity index (χ3v) is 10.5. The molecule has 2 aliphatic rings. The van der Waals surface area contributed by atoms with Crippen LogP contribution in [0.5, 0.6) is 11.6 Å². The number of carboxylic acid groups (broad SMARTS) is 1. The zero-order chi connectivity index (χ0) is 39.4. The lowest BCUT2D eigenvalue weighted by Crippen LogP contribution is -2.43. The van der Waals surface area contributed by atoms with Crippen LogP contribution in [0.15, 0.2) is 60.8 Å². The molecule has 2 amide bonds. The van der Waals surface area contributed by atoms with Gasteiger partial charge in [-0.2, -0.15) is 0 Å². The molecule has 0 bridgehead atoms. The van der Waals surface area contributed by atoms with Gasteiger partial charge >= 0.3 is 12.1 Å². The lowest BCUT2D eigenvalue weighted by atomic mass is 9.99. The lowest BCUT2D eigenvalue weighted by Gasteiger charge is -2.29. The summed E-state index contributed by atoms with van der Waals surface area (Å²) in [7, 11) is 3.10. The first kappa shape index (κ1) is 39.8. The first-order valence-electron chi connectivity index (χ1n) is 18.2. The van der Waals surface area contributed by atoms with Crippen molar-refractivity contribution < 1.29 is 33.7 Å². The Balaban J connectivity index is 1.27. The van der Waals surface area contributed by atoms with Crippen LogP contribution in [0.3, 0.4) is 0 Å². The van der Waals surface area contributed by atoms with Crippen molar-refractivity contribution in [2.24, 2.45) is 0 Å². The molecule has 2 aromatic carbocycles. The summed E-state index contributed by atoms with van der Waals surface area (Å²) in [6.45, 7) is 7.00. The van der Waals surface area contributed by atoms with Crippen LogP contribution in [0.4, 0.5) is 4.79 Å². The number of carboxylic acids is 1. The summed E-state index contributed by atoms with van der Waals surface area (Å²) >= 11 is 14.2. The number of nitrogens with one attached hydrogen (secondary N) is 1. The van der Waals surface area contributed by atoms with Gasteiger partial charge in [0.2, 0.25) is 11.8 Å². The summed E-state index contributed by atoms with van der Waals surface area (Å²) in [6, 6.07) is 16.1. The van der Waals surface area contributed by atoms with Crippen molar-refractivity contribution in [2.45, 2.75) is 77.2 Å². The Bertz CT molecular complexity index is 2090. The van der Waals surface area contributed by atoms with Crippen molar-refractivity contribution in [1.82, 2.24) is 25.1 Å². The monoisotopic (exact) mass is 789 g/mol. The number of aliphatic carboxylic acids is 1. The number of methoxy groups -OCH3 is 2. The molecule has 0 radical (unpaired) electrons. The molecule has 4 heterocycles. The summed E-state index contributed by atoms with van der Waals surface area (Å²) in [5.41, 5.74) is 4.61. The van der Waals surface area contributed by atoms with E-state index in [-0.39, 0.29) is 25.0 Å². The van der Waals surface area contributed by atoms with E-state index in [0.717, 1.165) is 17.5 Å². The molecule has 0 spiro atoms. The molecule has 2 aliphatic heterocycles. The Morgan fingerprint density at radius 2 is 1.73 bits per heavy atom. The van der Waals surface area contributed by atoms with Crippen LogP contribution in [0.1, 0.15) is 57.6 Å². The Morgan fingerprint density at radius 1 is 0.982 bits per heavy atom. The minimum atomic E-state index is -0.814. The molecule has 0 aliphatic carbocycles. The number of nitrogens with zero attached hydrogens (tertiary/aromatic N) is 4. The highest BCUT2D eigenvalue weighted by atomic mass is 35.5. The molecule has 2 atom stereocenters.